The SMILES string of the molecule is Cc1[nH]nc2nc(-c3ccc(NS(=O)(=O)c4cc(Cl)ccc4Cl)c(OC(F)(F)F)c3)ncc12. The van der Waals surface area contributed by atoms with Gasteiger partial charge in [-0.3, -0.25) is 9.82 Å². The van der Waals surface area contributed by atoms with Crippen molar-refractivity contribution in [1.82, 2.24) is 20.2 Å². The molecule has 33 heavy (non-hydrogen) atoms. The van der Waals surface area contributed by atoms with Gasteiger partial charge in [0.1, 0.15) is 4.90 Å². The van der Waals surface area contributed by atoms with Gasteiger partial charge in [0.15, 0.2) is 17.2 Å². The van der Waals surface area contributed by atoms with E-state index in [0.717, 1.165) is 23.9 Å². The smallest absolute Gasteiger partial charge is 0.404 e. The number of ether oxygens (including phenoxy) is 1. The Morgan fingerprint density at radius 3 is 2.61 bits per heavy atom. The average Bonchev–Trinajstić information content (AvgIpc) is 3.10. The van der Waals surface area contributed by atoms with Crippen molar-refractivity contribution >= 4 is 49.9 Å². The van der Waals surface area contributed by atoms with Crippen LogP contribution in [-0.2, 0) is 10.0 Å². The van der Waals surface area contributed by atoms with Crippen molar-refractivity contribution in [2.75, 3.05) is 4.72 Å². The van der Waals surface area contributed by atoms with Crippen molar-refractivity contribution < 1.29 is 26.3 Å². The highest BCUT2D eigenvalue weighted by atomic mass is 35.5. The van der Waals surface area contributed by atoms with Crippen LogP contribution in [0, 0.1) is 6.92 Å². The second-order valence-corrected chi connectivity index (χ2v) is 9.21. The first kappa shape index (κ1) is 23.1. The molecule has 2 aromatic heterocycles. The van der Waals surface area contributed by atoms with Crippen LogP contribution in [0.25, 0.3) is 22.4 Å². The highest BCUT2D eigenvalue weighted by molar-refractivity contribution is 7.92. The zero-order valence-electron chi connectivity index (χ0n) is 16.4. The van der Waals surface area contributed by atoms with Crippen LogP contribution in [0.15, 0.2) is 47.5 Å². The fourth-order valence-electron chi connectivity index (χ4n) is 2.90. The number of nitrogens with zero attached hydrogens (tertiary/aromatic N) is 3. The third kappa shape index (κ3) is 4.97. The van der Waals surface area contributed by atoms with Gasteiger partial charge in [-0.05, 0) is 43.3 Å². The minimum Gasteiger partial charge on any atom is -0.404 e. The number of aromatic amines is 1. The molecule has 0 spiro atoms. The summed E-state index contributed by atoms with van der Waals surface area (Å²) in [5.41, 5.74) is 0.697. The number of nitrogens with one attached hydrogen (secondary N) is 2. The van der Waals surface area contributed by atoms with Gasteiger partial charge in [-0.25, -0.2) is 18.4 Å². The van der Waals surface area contributed by atoms with Crippen LogP contribution in [0.3, 0.4) is 0 Å². The summed E-state index contributed by atoms with van der Waals surface area (Å²) in [6, 6.07) is 7.08. The van der Waals surface area contributed by atoms with Gasteiger partial charge in [0.25, 0.3) is 10.0 Å². The molecule has 4 rings (SSSR count). The van der Waals surface area contributed by atoms with Crippen LogP contribution in [0.2, 0.25) is 10.0 Å². The van der Waals surface area contributed by atoms with E-state index >= 15 is 0 Å². The lowest BCUT2D eigenvalue weighted by Crippen LogP contribution is -2.20. The molecule has 0 amide bonds. The number of rotatable bonds is 5. The van der Waals surface area contributed by atoms with Crippen molar-refractivity contribution in [2.45, 2.75) is 18.2 Å². The van der Waals surface area contributed by atoms with Crippen LogP contribution < -0.4 is 9.46 Å². The number of anilines is 1. The number of fused-ring (bicyclic) bond motifs is 1. The van der Waals surface area contributed by atoms with Crippen LogP contribution in [0.4, 0.5) is 18.9 Å². The Kier molecular flexibility index (Phi) is 5.85. The molecule has 0 fully saturated rings. The van der Waals surface area contributed by atoms with E-state index in [4.69, 9.17) is 23.2 Å². The minimum absolute atomic E-state index is 0.0633. The molecular formula is C19H12Cl2F3N5O3S. The summed E-state index contributed by atoms with van der Waals surface area (Å²) in [6.07, 6.45) is -3.63. The summed E-state index contributed by atoms with van der Waals surface area (Å²) >= 11 is 11.8. The maximum Gasteiger partial charge on any atom is 0.573 e. The second-order valence-electron chi connectivity index (χ2n) is 6.72. The van der Waals surface area contributed by atoms with Crippen LogP contribution in [-0.4, -0.2) is 34.9 Å². The van der Waals surface area contributed by atoms with Gasteiger partial charge in [0.2, 0.25) is 0 Å². The van der Waals surface area contributed by atoms with Crippen molar-refractivity contribution in [2.24, 2.45) is 0 Å². The van der Waals surface area contributed by atoms with E-state index in [1.165, 1.54) is 24.4 Å². The molecule has 172 valence electrons. The molecule has 0 aliphatic heterocycles. The van der Waals surface area contributed by atoms with E-state index < -0.39 is 32.7 Å². The molecule has 0 aliphatic carbocycles. The van der Waals surface area contributed by atoms with Gasteiger partial charge in [-0.1, -0.05) is 23.2 Å². The van der Waals surface area contributed by atoms with Gasteiger partial charge >= 0.3 is 6.36 Å². The number of benzene rings is 2. The van der Waals surface area contributed by atoms with E-state index in [-0.39, 0.29) is 21.4 Å². The lowest BCUT2D eigenvalue weighted by molar-refractivity contribution is -0.274. The van der Waals surface area contributed by atoms with Gasteiger partial charge in [-0.2, -0.15) is 5.10 Å². The Bertz CT molecular complexity index is 1480. The average molecular weight is 518 g/mol. The first-order valence-electron chi connectivity index (χ1n) is 8.99. The first-order valence-corrected chi connectivity index (χ1v) is 11.2. The van der Waals surface area contributed by atoms with E-state index in [9.17, 15) is 21.6 Å². The highest BCUT2D eigenvalue weighted by Gasteiger charge is 2.33. The van der Waals surface area contributed by atoms with Gasteiger partial charge in [-0.15, -0.1) is 13.2 Å². The summed E-state index contributed by atoms with van der Waals surface area (Å²) in [7, 11) is -4.41. The quantitative estimate of drug-likeness (QED) is 0.370. The molecule has 0 unspecified atom stereocenters. The van der Waals surface area contributed by atoms with Crippen LogP contribution in [0.5, 0.6) is 5.75 Å². The third-order valence-electron chi connectivity index (χ3n) is 4.39. The number of aryl methyl sites for hydroxylation is 1. The van der Waals surface area contributed by atoms with E-state index in [1.54, 1.807) is 6.92 Å². The summed E-state index contributed by atoms with van der Waals surface area (Å²) in [5.74, 6) is -0.753. The van der Waals surface area contributed by atoms with Crippen LogP contribution >= 0.6 is 23.2 Å². The second kappa shape index (κ2) is 8.36. The normalized spacial score (nSPS) is 12.2. The molecule has 2 aromatic carbocycles. The third-order valence-corrected chi connectivity index (χ3v) is 6.48. The number of alkyl halides is 3. The number of hydrogen-bond acceptors (Lipinski definition) is 6. The summed E-state index contributed by atoms with van der Waals surface area (Å²) in [4.78, 5) is 7.94. The number of aromatic nitrogens is 4. The molecule has 8 nitrogen and oxygen atoms in total. The molecule has 0 atom stereocenters. The van der Waals surface area contributed by atoms with Gasteiger partial charge in [0.05, 0.1) is 16.1 Å². The number of sulfonamides is 1. The molecule has 0 radical (unpaired) electrons. The summed E-state index contributed by atoms with van der Waals surface area (Å²) in [5, 5.41) is 7.28. The van der Waals surface area contributed by atoms with Crippen LogP contribution in [0.1, 0.15) is 5.69 Å². The van der Waals surface area contributed by atoms with Gasteiger partial charge in [0, 0.05) is 22.5 Å². The number of H-pyrrole nitrogens is 1. The Labute approximate surface area is 194 Å². The molecule has 4 aromatic rings. The number of halogens is 5. The predicted molar refractivity (Wildman–Crippen MR) is 116 cm³/mol. The van der Waals surface area contributed by atoms with Crippen molar-refractivity contribution in [1.29, 1.82) is 0 Å². The lowest BCUT2D eigenvalue weighted by atomic mass is 10.1. The Balaban J connectivity index is 1.77. The maximum atomic E-state index is 13.1. The Morgan fingerprint density at radius 2 is 1.88 bits per heavy atom. The van der Waals surface area contributed by atoms with E-state index in [0.29, 0.717) is 11.0 Å². The molecule has 0 saturated heterocycles. The first-order chi connectivity index (χ1) is 15.4. The predicted octanol–water partition coefficient (Wildman–Crippen LogP) is 5.33. The van der Waals surface area contributed by atoms with E-state index in [2.05, 4.69) is 29.6 Å². The van der Waals surface area contributed by atoms with Crippen molar-refractivity contribution in [3.05, 3.63) is 58.3 Å². The molecule has 2 heterocycles. The fourth-order valence-corrected chi connectivity index (χ4v) is 4.73. The maximum absolute atomic E-state index is 13.1. The standard InChI is InChI=1S/C19H12Cl2F3N5O3S/c1-9-12-8-25-17(26-18(12)28-27-9)10-2-5-14(15(6-10)32-19(22,23)24)29-33(30,31)16-7-11(20)3-4-13(16)21/h2-8,29H,1H3,(H,25,26,27,28). The minimum atomic E-state index is -5.10. The number of hydrogen-bond donors (Lipinski definition) is 2. The molecule has 2 N–H and O–H groups in total. The molecular weight excluding hydrogens is 506 g/mol. The highest BCUT2D eigenvalue weighted by Crippen LogP contribution is 2.36. The zero-order valence-corrected chi connectivity index (χ0v) is 18.7. The largest absolute Gasteiger partial charge is 0.573 e. The Hall–Kier alpha value is -3.09. The summed E-state index contributed by atoms with van der Waals surface area (Å²) in [6.45, 7) is 1.76. The lowest BCUT2D eigenvalue weighted by Gasteiger charge is -2.16. The molecule has 0 saturated carbocycles. The summed E-state index contributed by atoms with van der Waals surface area (Å²) < 4.78 is 70.8. The topological polar surface area (TPSA) is 110 Å². The Morgan fingerprint density at radius 1 is 1.12 bits per heavy atom. The molecule has 14 heteroatoms. The fraction of sp³-hybridized carbons (Fsp3) is 0.105. The van der Waals surface area contributed by atoms with Crippen molar-refractivity contribution in [3.8, 4) is 17.1 Å². The zero-order chi connectivity index (χ0) is 24.0. The molecule has 0 aliphatic rings. The monoisotopic (exact) mass is 517 g/mol. The van der Waals surface area contributed by atoms with Gasteiger partial charge < -0.3 is 4.74 Å². The van der Waals surface area contributed by atoms with E-state index in [1.807, 2.05) is 0 Å². The molecule has 0 bridgehead atoms. The van der Waals surface area contributed by atoms with Crippen molar-refractivity contribution in [3.63, 3.8) is 0 Å².